The summed E-state index contributed by atoms with van der Waals surface area (Å²) in [7, 11) is 1.62. The van der Waals surface area contributed by atoms with Crippen LogP contribution in [0, 0.1) is 0 Å². The largest absolute Gasteiger partial charge is 0.508 e. The van der Waals surface area contributed by atoms with E-state index in [-0.39, 0.29) is 11.8 Å². The molecule has 0 aliphatic heterocycles. The Morgan fingerprint density at radius 2 is 1.61 bits per heavy atom. The molecule has 0 unspecified atom stereocenters. The van der Waals surface area contributed by atoms with Crippen LogP contribution < -0.4 is 15.4 Å². The highest BCUT2D eigenvalue weighted by molar-refractivity contribution is 5.89. The molecule has 0 radical (unpaired) electrons. The molecule has 0 saturated heterocycles. The molecule has 0 saturated carbocycles. The average molecular weight is 412 g/mol. The molecule has 156 valence electrons. The van der Waals surface area contributed by atoms with Gasteiger partial charge in [0.25, 0.3) is 0 Å². The average Bonchev–Trinajstić information content (AvgIpc) is 2.82. The van der Waals surface area contributed by atoms with Crippen LogP contribution in [0.5, 0.6) is 11.5 Å². The third kappa shape index (κ3) is 4.61. The zero-order chi connectivity index (χ0) is 21.6. The quantitative estimate of drug-likeness (QED) is 0.411. The summed E-state index contributed by atoms with van der Waals surface area (Å²) in [4.78, 5) is 12.8. The molecular formula is C26H24N2O3. The van der Waals surface area contributed by atoms with Crippen molar-refractivity contribution in [3.05, 3.63) is 108 Å². The van der Waals surface area contributed by atoms with Crippen molar-refractivity contribution in [3.63, 3.8) is 0 Å². The number of hydrogen-bond acceptors (Lipinski definition) is 3. The number of urea groups is 1. The summed E-state index contributed by atoms with van der Waals surface area (Å²) in [6, 6.07) is 27.7. The molecule has 4 rings (SSSR count). The molecule has 0 bridgehead atoms. The number of carbonyl (C=O) groups excluding carboxylic acids is 1. The number of amides is 2. The van der Waals surface area contributed by atoms with Crippen LogP contribution in [-0.2, 0) is 6.54 Å². The molecule has 4 aromatic carbocycles. The predicted octanol–water partition coefficient (Wildman–Crippen LogP) is 5.14. The Morgan fingerprint density at radius 3 is 2.35 bits per heavy atom. The number of fused-ring (bicyclic) bond motifs is 1. The van der Waals surface area contributed by atoms with Crippen LogP contribution in [0.2, 0.25) is 0 Å². The summed E-state index contributed by atoms with van der Waals surface area (Å²) >= 11 is 0. The predicted molar refractivity (Wildman–Crippen MR) is 122 cm³/mol. The second kappa shape index (κ2) is 9.22. The van der Waals surface area contributed by atoms with Gasteiger partial charge in [-0.2, -0.15) is 0 Å². The minimum absolute atomic E-state index is 0.142. The summed E-state index contributed by atoms with van der Waals surface area (Å²) in [6.45, 7) is 0.374. The highest BCUT2D eigenvalue weighted by Crippen LogP contribution is 2.35. The third-order valence-electron chi connectivity index (χ3n) is 5.26. The number of carbonyl (C=O) groups is 1. The number of aromatic hydroxyl groups is 1. The van der Waals surface area contributed by atoms with E-state index in [1.807, 2.05) is 84.9 Å². The fourth-order valence-corrected chi connectivity index (χ4v) is 3.66. The van der Waals surface area contributed by atoms with E-state index in [9.17, 15) is 9.90 Å². The topological polar surface area (TPSA) is 70.6 Å². The van der Waals surface area contributed by atoms with Gasteiger partial charge in [-0.15, -0.1) is 0 Å². The lowest BCUT2D eigenvalue weighted by Gasteiger charge is -2.23. The van der Waals surface area contributed by atoms with Crippen LogP contribution in [0.4, 0.5) is 4.79 Å². The number of phenols is 1. The zero-order valence-corrected chi connectivity index (χ0v) is 17.2. The van der Waals surface area contributed by atoms with Gasteiger partial charge >= 0.3 is 6.03 Å². The van der Waals surface area contributed by atoms with E-state index in [1.165, 1.54) is 0 Å². The number of benzene rings is 4. The molecule has 4 aromatic rings. The first kappa shape index (κ1) is 20.3. The maximum absolute atomic E-state index is 12.8. The van der Waals surface area contributed by atoms with Gasteiger partial charge in [-0.25, -0.2) is 4.79 Å². The highest BCUT2D eigenvalue weighted by atomic mass is 16.5. The van der Waals surface area contributed by atoms with E-state index < -0.39 is 6.04 Å². The first-order valence-corrected chi connectivity index (χ1v) is 10.1. The molecule has 2 amide bonds. The number of methoxy groups -OCH3 is 1. The van der Waals surface area contributed by atoms with Crippen LogP contribution in [0.25, 0.3) is 10.8 Å². The lowest BCUT2D eigenvalue weighted by atomic mass is 9.93. The van der Waals surface area contributed by atoms with Gasteiger partial charge in [0.2, 0.25) is 0 Å². The Balaban J connectivity index is 1.61. The normalized spacial score (nSPS) is 11.6. The Bertz CT molecular complexity index is 1170. The molecule has 0 aromatic heterocycles. The van der Waals surface area contributed by atoms with Crippen LogP contribution in [0.15, 0.2) is 91.0 Å². The Kier molecular flexibility index (Phi) is 6.03. The second-order valence-corrected chi connectivity index (χ2v) is 7.24. The van der Waals surface area contributed by atoms with Crippen molar-refractivity contribution in [2.24, 2.45) is 0 Å². The monoisotopic (exact) mass is 412 g/mol. The minimum Gasteiger partial charge on any atom is -0.508 e. The van der Waals surface area contributed by atoms with Gasteiger partial charge in [0, 0.05) is 12.1 Å². The SMILES string of the molecule is COc1ccc(CNC(=O)N[C@@H](c2ccccc2)c2c(O)ccc3ccccc23)cc1. The lowest BCUT2D eigenvalue weighted by Crippen LogP contribution is -2.38. The summed E-state index contributed by atoms with van der Waals surface area (Å²) in [5, 5.41) is 18.6. The van der Waals surface area contributed by atoms with Crippen molar-refractivity contribution in [2.45, 2.75) is 12.6 Å². The molecule has 1 atom stereocenters. The Hall–Kier alpha value is -3.99. The van der Waals surface area contributed by atoms with E-state index in [1.54, 1.807) is 13.2 Å². The number of rotatable bonds is 6. The number of ether oxygens (including phenoxy) is 1. The molecule has 31 heavy (non-hydrogen) atoms. The van der Waals surface area contributed by atoms with Gasteiger partial charge in [0.1, 0.15) is 11.5 Å². The second-order valence-electron chi connectivity index (χ2n) is 7.24. The van der Waals surface area contributed by atoms with E-state index in [2.05, 4.69) is 10.6 Å². The molecule has 0 heterocycles. The van der Waals surface area contributed by atoms with Crippen molar-refractivity contribution in [2.75, 3.05) is 7.11 Å². The maximum atomic E-state index is 12.8. The molecule has 0 spiro atoms. The van der Waals surface area contributed by atoms with Crippen LogP contribution >= 0.6 is 0 Å². The Morgan fingerprint density at radius 1 is 0.903 bits per heavy atom. The summed E-state index contributed by atoms with van der Waals surface area (Å²) in [5.74, 6) is 0.909. The molecule has 0 aliphatic carbocycles. The molecule has 0 aliphatic rings. The third-order valence-corrected chi connectivity index (χ3v) is 5.26. The van der Waals surface area contributed by atoms with Crippen molar-refractivity contribution >= 4 is 16.8 Å². The van der Waals surface area contributed by atoms with Crippen molar-refractivity contribution < 1.29 is 14.6 Å². The fraction of sp³-hybridized carbons (Fsp3) is 0.115. The highest BCUT2D eigenvalue weighted by Gasteiger charge is 2.22. The number of nitrogens with one attached hydrogen (secondary N) is 2. The van der Waals surface area contributed by atoms with Crippen molar-refractivity contribution in [1.82, 2.24) is 10.6 Å². The zero-order valence-electron chi connectivity index (χ0n) is 17.2. The smallest absolute Gasteiger partial charge is 0.315 e. The molecule has 3 N–H and O–H groups in total. The van der Waals surface area contributed by atoms with Crippen molar-refractivity contribution in [1.29, 1.82) is 0 Å². The van der Waals surface area contributed by atoms with Crippen LogP contribution in [0.1, 0.15) is 22.7 Å². The van der Waals surface area contributed by atoms with E-state index in [4.69, 9.17) is 4.74 Å². The standard InChI is InChI=1S/C26H24N2O3/c1-31-21-14-11-18(12-15-21)17-27-26(30)28-25(20-8-3-2-4-9-20)24-22-10-6-5-7-19(22)13-16-23(24)29/h2-16,25,29H,17H2,1H3,(H2,27,28,30)/t25-/m0/s1. The van der Waals surface area contributed by atoms with Gasteiger partial charge in [0.15, 0.2) is 0 Å². The molecule has 5 heteroatoms. The summed E-state index contributed by atoms with van der Waals surface area (Å²) in [6.07, 6.45) is 0. The first-order valence-electron chi connectivity index (χ1n) is 10.1. The van der Waals surface area contributed by atoms with Gasteiger partial charge in [-0.1, -0.05) is 72.8 Å². The summed E-state index contributed by atoms with van der Waals surface area (Å²) < 4.78 is 5.17. The van der Waals surface area contributed by atoms with Crippen molar-refractivity contribution in [3.8, 4) is 11.5 Å². The van der Waals surface area contributed by atoms with Gasteiger partial charge in [-0.05, 0) is 40.1 Å². The lowest BCUT2D eigenvalue weighted by molar-refractivity contribution is 0.238. The van der Waals surface area contributed by atoms with E-state index >= 15 is 0 Å². The van der Waals surface area contributed by atoms with Gasteiger partial charge < -0.3 is 20.5 Å². The minimum atomic E-state index is -0.511. The summed E-state index contributed by atoms with van der Waals surface area (Å²) in [5.41, 5.74) is 2.51. The number of hydrogen-bond donors (Lipinski definition) is 3. The van der Waals surface area contributed by atoms with Gasteiger partial charge in [-0.3, -0.25) is 0 Å². The van der Waals surface area contributed by atoms with Crippen LogP contribution in [0.3, 0.4) is 0 Å². The van der Waals surface area contributed by atoms with Crippen LogP contribution in [-0.4, -0.2) is 18.2 Å². The Labute approximate surface area is 181 Å². The number of phenolic OH excluding ortho intramolecular Hbond substituents is 1. The van der Waals surface area contributed by atoms with E-state index in [0.29, 0.717) is 12.1 Å². The first-order chi connectivity index (χ1) is 15.2. The van der Waals surface area contributed by atoms with E-state index in [0.717, 1.165) is 27.6 Å². The molecule has 5 nitrogen and oxygen atoms in total. The molecular weight excluding hydrogens is 388 g/mol. The van der Waals surface area contributed by atoms with Gasteiger partial charge in [0.05, 0.1) is 13.2 Å². The molecule has 0 fully saturated rings. The fourth-order valence-electron chi connectivity index (χ4n) is 3.66. The maximum Gasteiger partial charge on any atom is 0.315 e.